The number of carbonyl (C=O) groups excluding carboxylic acids is 1. The third kappa shape index (κ3) is 3.75. The Hall–Kier alpha value is -3.59. The largest absolute Gasteiger partial charge is 0.493 e. The second-order valence-corrected chi connectivity index (χ2v) is 8.08. The average molecular weight is 454 g/mol. The highest BCUT2D eigenvalue weighted by atomic mass is 32.1. The third-order valence-electron chi connectivity index (χ3n) is 5.16. The molecule has 3 aromatic heterocycles. The van der Waals surface area contributed by atoms with Crippen LogP contribution >= 0.6 is 11.3 Å². The summed E-state index contributed by atoms with van der Waals surface area (Å²) in [5, 5.41) is 6.59. The maximum absolute atomic E-state index is 13.5. The van der Waals surface area contributed by atoms with Crippen LogP contribution < -0.4 is 14.2 Å². The van der Waals surface area contributed by atoms with E-state index >= 15 is 0 Å². The Kier molecular flexibility index (Phi) is 6.00. The first kappa shape index (κ1) is 21.6. The van der Waals surface area contributed by atoms with Gasteiger partial charge in [-0.3, -0.25) is 4.79 Å². The van der Waals surface area contributed by atoms with Gasteiger partial charge in [-0.2, -0.15) is 0 Å². The van der Waals surface area contributed by atoms with Gasteiger partial charge in [0, 0.05) is 19.2 Å². The molecule has 0 fully saturated rings. The molecule has 4 aromatic rings. The van der Waals surface area contributed by atoms with Gasteiger partial charge in [-0.15, -0.1) is 11.3 Å². The van der Waals surface area contributed by atoms with Crippen molar-refractivity contribution in [2.24, 2.45) is 0 Å². The number of fused-ring (bicyclic) bond motifs is 1. The van der Waals surface area contributed by atoms with Crippen LogP contribution in [0, 0.1) is 6.92 Å². The lowest BCUT2D eigenvalue weighted by molar-refractivity contribution is 0.0785. The molecule has 1 amide bonds. The number of thiophene rings is 1. The normalized spacial score (nSPS) is 10.9. The predicted octanol–water partition coefficient (Wildman–Crippen LogP) is 4.56. The van der Waals surface area contributed by atoms with Gasteiger partial charge in [-0.1, -0.05) is 11.2 Å². The minimum absolute atomic E-state index is 0.182. The molecular weight excluding hydrogens is 430 g/mol. The van der Waals surface area contributed by atoms with Crippen LogP contribution in [0.4, 0.5) is 0 Å². The van der Waals surface area contributed by atoms with E-state index in [9.17, 15) is 4.79 Å². The number of hydrogen-bond donors (Lipinski definition) is 0. The summed E-state index contributed by atoms with van der Waals surface area (Å²) in [6.07, 6.45) is 0. The first-order valence-electron chi connectivity index (χ1n) is 9.82. The Labute approximate surface area is 189 Å². The summed E-state index contributed by atoms with van der Waals surface area (Å²) in [6.45, 7) is 2.09. The third-order valence-corrected chi connectivity index (χ3v) is 6.05. The van der Waals surface area contributed by atoms with E-state index in [1.54, 1.807) is 63.7 Å². The van der Waals surface area contributed by atoms with Gasteiger partial charge < -0.3 is 23.6 Å². The van der Waals surface area contributed by atoms with E-state index in [0.717, 1.165) is 10.4 Å². The van der Waals surface area contributed by atoms with Crippen molar-refractivity contribution in [1.29, 1.82) is 0 Å². The molecular formula is C23H23N3O5S. The van der Waals surface area contributed by atoms with Gasteiger partial charge in [-0.05, 0) is 36.6 Å². The van der Waals surface area contributed by atoms with Crippen molar-refractivity contribution >= 4 is 28.3 Å². The zero-order valence-electron chi connectivity index (χ0n) is 18.5. The smallest absolute Gasteiger partial charge is 0.259 e. The summed E-state index contributed by atoms with van der Waals surface area (Å²) in [5.41, 5.74) is 2.90. The molecule has 9 heteroatoms. The molecule has 0 saturated heterocycles. The van der Waals surface area contributed by atoms with Crippen LogP contribution in [-0.2, 0) is 6.54 Å². The summed E-state index contributed by atoms with van der Waals surface area (Å²) < 4.78 is 21.8. The lowest BCUT2D eigenvalue weighted by Gasteiger charge is -2.21. The highest BCUT2D eigenvalue weighted by molar-refractivity contribution is 7.13. The van der Waals surface area contributed by atoms with Crippen molar-refractivity contribution in [3.63, 3.8) is 0 Å². The van der Waals surface area contributed by atoms with Gasteiger partial charge in [0.05, 0.1) is 48.5 Å². The van der Waals surface area contributed by atoms with E-state index < -0.39 is 0 Å². The zero-order chi connectivity index (χ0) is 22.8. The van der Waals surface area contributed by atoms with Crippen LogP contribution in [0.2, 0.25) is 0 Å². The fourth-order valence-corrected chi connectivity index (χ4v) is 4.32. The van der Waals surface area contributed by atoms with E-state index in [4.69, 9.17) is 18.7 Å². The average Bonchev–Trinajstić information content (AvgIpc) is 3.48. The van der Waals surface area contributed by atoms with Gasteiger partial charge in [0.2, 0.25) is 5.75 Å². The van der Waals surface area contributed by atoms with Crippen molar-refractivity contribution in [1.82, 2.24) is 15.0 Å². The quantitative estimate of drug-likeness (QED) is 0.405. The van der Waals surface area contributed by atoms with Crippen molar-refractivity contribution < 1.29 is 23.5 Å². The second kappa shape index (κ2) is 8.88. The molecule has 166 valence electrons. The minimum Gasteiger partial charge on any atom is -0.493 e. The highest BCUT2D eigenvalue weighted by Crippen LogP contribution is 2.40. The molecule has 8 nitrogen and oxygen atoms in total. The van der Waals surface area contributed by atoms with Gasteiger partial charge in [0.15, 0.2) is 11.5 Å². The molecule has 0 atom stereocenters. The zero-order valence-corrected chi connectivity index (χ0v) is 19.3. The maximum Gasteiger partial charge on any atom is 0.259 e. The molecule has 0 unspecified atom stereocenters. The van der Waals surface area contributed by atoms with Crippen LogP contribution in [0.15, 0.2) is 40.2 Å². The molecule has 0 aliphatic heterocycles. The number of aryl methyl sites for hydroxylation is 1. The summed E-state index contributed by atoms with van der Waals surface area (Å²) >= 11 is 1.54. The second-order valence-electron chi connectivity index (χ2n) is 7.14. The fourth-order valence-electron chi connectivity index (χ4n) is 3.63. The number of amides is 1. The van der Waals surface area contributed by atoms with Crippen molar-refractivity contribution in [2.75, 3.05) is 28.4 Å². The number of benzene rings is 1. The van der Waals surface area contributed by atoms with E-state index in [1.807, 2.05) is 23.6 Å². The van der Waals surface area contributed by atoms with Gasteiger partial charge in [0.25, 0.3) is 11.6 Å². The number of hydrogen-bond acceptors (Lipinski definition) is 8. The Morgan fingerprint density at radius 2 is 1.91 bits per heavy atom. The molecule has 0 radical (unpaired) electrons. The van der Waals surface area contributed by atoms with E-state index in [-0.39, 0.29) is 5.91 Å². The first-order chi connectivity index (χ1) is 15.5. The summed E-state index contributed by atoms with van der Waals surface area (Å²) in [7, 11) is 6.41. The van der Waals surface area contributed by atoms with Crippen LogP contribution in [0.3, 0.4) is 0 Å². The SMILES string of the molecule is COc1ccc(CN(C)C(=O)c2cc(-c3cccs3)nc3onc(C)c23)c(OC)c1OC. The Morgan fingerprint density at radius 1 is 1.12 bits per heavy atom. The molecule has 0 aliphatic carbocycles. The lowest BCUT2D eigenvalue weighted by Crippen LogP contribution is -2.27. The number of ether oxygens (including phenoxy) is 3. The fraction of sp³-hybridized carbons (Fsp3) is 0.261. The number of carbonyl (C=O) groups is 1. The molecule has 0 spiro atoms. The summed E-state index contributed by atoms with van der Waals surface area (Å²) in [5.74, 6) is 1.37. The molecule has 0 aliphatic rings. The monoisotopic (exact) mass is 453 g/mol. The molecule has 3 heterocycles. The van der Waals surface area contributed by atoms with Crippen LogP contribution in [0.1, 0.15) is 21.6 Å². The summed E-state index contributed by atoms with van der Waals surface area (Å²) in [4.78, 5) is 20.7. The molecule has 0 saturated carbocycles. The predicted molar refractivity (Wildman–Crippen MR) is 122 cm³/mol. The molecule has 32 heavy (non-hydrogen) atoms. The van der Waals surface area contributed by atoms with Crippen molar-refractivity contribution in [3.05, 3.63) is 52.5 Å². The number of aromatic nitrogens is 2. The van der Waals surface area contributed by atoms with Gasteiger partial charge >= 0.3 is 0 Å². The maximum atomic E-state index is 13.5. The van der Waals surface area contributed by atoms with Crippen LogP contribution in [0.25, 0.3) is 21.7 Å². The molecule has 0 N–H and O–H groups in total. The Balaban J connectivity index is 1.73. The number of methoxy groups -OCH3 is 3. The van der Waals surface area contributed by atoms with Gasteiger partial charge in [-0.25, -0.2) is 4.98 Å². The van der Waals surface area contributed by atoms with Crippen molar-refractivity contribution in [2.45, 2.75) is 13.5 Å². The topological polar surface area (TPSA) is 86.9 Å². The first-order valence-corrected chi connectivity index (χ1v) is 10.7. The number of pyridine rings is 1. The van der Waals surface area contributed by atoms with E-state index in [1.165, 1.54) is 0 Å². The number of nitrogens with zero attached hydrogens (tertiary/aromatic N) is 3. The highest BCUT2D eigenvalue weighted by Gasteiger charge is 2.24. The standard InChI is InChI=1S/C23H23N3O5S/c1-13-19-15(11-16(18-7-6-10-32-18)24-22(19)31-25-13)23(27)26(2)12-14-8-9-17(28-3)21(30-5)20(14)29-4/h6-11H,12H2,1-5H3. The molecule has 0 bridgehead atoms. The molecule has 1 aromatic carbocycles. The lowest BCUT2D eigenvalue weighted by atomic mass is 10.1. The summed E-state index contributed by atoms with van der Waals surface area (Å²) in [6, 6.07) is 9.33. The van der Waals surface area contributed by atoms with Crippen LogP contribution in [-0.4, -0.2) is 49.3 Å². The van der Waals surface area contributed by atoms with E-state index in [2.05, 4.69) is 10.1 Å². The minimum atomic E-state index is -0.182. The number of rotatable bonds is 7. The van der Waals surface area contributed by atoms with Gasteiger partial charge in [0.1, 0.15) is 0 Å². The van der Waals surface area contributed by atoms with E-state index in [0.29, 0.717) is 51.8 Å². The molecule has 4 rings (SSSR count). The van der Waals surface area contributed by atoms with Crippen molar-refractivity contribution in [3.8, 4) is 27.8 Å². The van der Waals surface area contributed by atoms with Crippen LogP contribution in [0.5, 0.6) is 17.2 Å². The Morgan fingerprint density at radius 3 is 2.56 bits per heavy atom. The Bertz CT molecular complexity index is 1270.